The smallest absolute Gasteiger partial charge is 0.115 e. The summed E-state index contributed by atoms with van der Waals surface area (Å²) in [5, 5.41) is 8.90. The van der Waals surface area contributed by atoms with Crippen molar-refractivity contribution in [2.75, 3.05) is 7.11 Å². The molecular formula is C7H8O3S. The van der Waals surface area contributed by atoms with E-state index in [-0.39, 0.29) is 5.75 Å². The first-order valence-corrected chi connectivity index (χ1v) is 3.73. The van der Waals surface area contributed by atoms with Crippen molar-refractivity contribution in [2.24, 2.45) is 0 Å². The predicted molar refractivity (Wildman–Crippen MR) is 42.1 cm³/mol. The molecule has 1 N–H and O–H groups in total. The molecular weight excluding hydrogens is 164 g/mol. The lowest BCUT2D eigenvalue weighted by Gasteiger charge is -1.97. The molecule has 0 fully saturated rings. The van der Waals surface area contributed by atoms with Crippen LogP contribution in [0.15, 0.2) is 29.2 Å². The van der Waals surface area contributed by atoms with Crippen LogP contribution in [0.2, 0.25) is 0 Å². The molecule has 0 aliphatic heterocycles. The lowest BCUT2D eigenvalue weighted by atomic mass is 10.3. The van der Waals surface area contributed by atoms with E-state index in [9.17, 15) is 0 Å². The van der Waals surface area contributed by atoms with Crippen molar-refractivity contribution in [1.82, 2.24) is 0 Å². The average molecular weight is 172 g/mol. The van der Waals surface area contributed by atoms with Crippen molar-refractivity contribution in [1.29, 1.82) is 0 Å². The maximum Gasteiger partial charge on any atom is 0.115 e. The van der Waals surface area contributed by atoms with Crippen molar-refractivity contribution < 1.29 is 14.3 Å². The Morgan fingerprint density at radius 1 is 1.27 bits per heavy atom. The summed E-state index contributed by atoms with van der Waals surface area (Å²) < 4.78 is 4.59. The van der Waals surface area contributed by atoms with Crippen LogP contribution >= 0.6 is 12.0 Å². The fourth-order valence-electron chi connectivity index (χ4n) is 0.575. The van der Waals surface area contributed by atoms with Gasteiger partial charge < -0.3 is 5.11 Å². The van der Waals surface area contributed by atoms with Crippen molar-refractivity contribution in [3.63, 3.8) is 0 Å². The molecule has 0 aromatic heterocycles. The summed E-state index contributed by atoms with van der Waals surface area (Å²) in [6.45, 7) is 0. The van der Waals surface area contributed by atoms with Gasteiger partial charge in [-0.25, -0.2) is 4.89 Å². The van der Waals surface area contributed by atoms with Gasteiger partial charge in [0, 0.05) is 4.90 Å². The molecule has 0 saturated carbocycles. The van der Waals surface area contributed by atoms with E-state index in [1.165, 1.54) is 7.11 Å². The second-order valence-electron chi connectivity index (χ2n) is 1.81. The van der Waals surface area contributed by atoms with Crippen LogP contribution in [0, 0.1) is 0 Å². The summed E-state index contributed by atoms with van der Waals surface area (Å²) in [6, 6.07) is 6.64. The zero-order chi connectivity index (χ0) is 8.10. The van der Waals surface area contributed by atoms with E-state index in [0.717, 1.165) is 16.9 Å². The Hall–Kier alpha value is -0.710. The molecule has 0 spiro atoms. The second kappa shape index (κ2) is 4.23. The second-order valence-corrected chi connectivity index (χ2v) is 2.59. The highest BCUT2D eigenvalue weighted by molar-refractivity contribution is 7.94. The molecule has 1 rings (SSSR count). The van der Waals surface area contributed by atoms with E-state index < -0.39 is 0 Å². The number of aromatic hydroxyl groups is 1. The van der Waals surface area contributed by atoms with Gasteiger partial charge in [-0.05, 0) is 24.3 Å². The molecule has 4 heteroatoms. The molecule has 0 unspecified atom stereocenters. The highest BCUT2D eigenvalue weighted by Crippen LogP contribution is 2.21. The zero-order valence-corrected chi connectivity index (χ0v) is 6.80. The highest BCUT2D eigenvalue weighted by atomic mass is 32.2. The Balaban J connectivity index is 2.52. The fraction of sp³-hybridized carbons (Fsp3) is 0.143. The third kappa shape index (κ3) is 2.80. The molecule has 60 valence electrons. The third-order valence-corrected chi connectivity index (χ3v) is 1.70. The van der Waals surface area contributed by atoms with Crippen LogP contribution in [-0.2, 0) is 9.22 Å². The van der Waals surface area contributed by atoms with Crippen LogP contribution in [-0.4, -0.2) is 12.2 Å². The summed E-state index contributed by atoms with van der Waals surface area (Å²) in [5.41, 5.74) is 0. The van der Waals surface area contributed by atoms with Gasteiger partial charge in [0.05, 0.1) is 19.2 Å². The Bertz CT molecular complexity index is 209. The number of hydrogen-bond donors (Lipinski definition) is 1. The van der Waals surface area contributed by atoms with Gasteiger partial charge in [-0.15, -0.1) is 0 Å². The van der Waals surface area contributed by atoms with E-state index in [2.05, 4.69) is 9.22 Å². The molecule has 1 aromatic carbocycles. The molecule has 0 saturated heterocycles. The first-order valence-electron chi connectivity index (χ1n) is 2.99. The van der Waals surface area contributed by atoms with E-state index >= 15 is 0 Å². The van der Waals surface area contributed by atoms with E-state index in [1.54, 1.807) is 24.3 Å². The number of phenols is 1. The van der Waals surface area contributed by atoms with Crippen molar-refractivity contribution in [3.05, 3.63) is 24.3 Å². The van der Waals surface area contributed by atoms with Crippen LogP contribution in [0.25, 0.3) is 0 Å². The summed E-state index contributed by atoms with van der Waals surface area (Å²) >= 11 is 1.10. The number of phenolic OH excluding ortho intramolecular Hbond substituents is 1. The number of benzene rings is 1. The molecule has 3 nitrogen and oxygen atoms in total. The largest absolute Gasteiger partial charge is 0.508 e. The number of rotatable bonds is 3. The number of hydrogen-bond acceptors (Lipinski definition) is 4. The van der Waals surface area contributed by atoms with Gasteiger partial charge in [0.15, 0.2) is 0 Å². The molecule has 0 aliphatic rings. The zero-order valence-electron chi connectivity index (χ0n) is 5.98. The summed E-state index contributed by atoms with van der Waals surface area (Å²) in [4.78, 5) is 5.26. The van der Waals surface area contributed by atoms with Gasteiger partial charge in [-0.1, -0.05) is 0 Å². The molecule has 0 bridgehead atoms. The molecule has 0 heterocycles. The third-order valence-electron chi connectivity index (χ3n) is 1.04. The fourth-order valence-corrected chi connectivity index (χ4v) is 0.969. The summed E-state index contributed by atoms with van der Waals surface area (Å²) in [7, 11) is 1.44. The first kappa shape index (κ1) is 8.39. The van der Waals surface area contributed by atoms with E-state index in [0.29, 0.717) is 0 Å². The quantitative estimate of drug-likeness (QED) is 0.430. The lowest BCUT2D eigenvalue weighted by molar-refractivity contribution is -0.160. The van der Waals surface area contributed by atoms with Crippen LogP contribution in [0.1, 0.15) is 0 Å². The molecule has 0 aliphatic carbocycles. The molecule has 0 atom stereocenters. The topological polar surface area (TPSA) is 38.7 Å². The van der Waals surface area contributed by atoms with E-state index in [1.807, 2.05) is 0 Å². The van der Waals surface area contributed by atoms with Gasteiger partial charge in [0.2, 0.25) is 0 Å². The summed E-state index contributed by atoms with van der Waals surface area (Å²) in [5.74, 6) is 0.242. The minimum Gasteiger partial charge on any atom is -0.508 e. The van der Waals surface area contributed by atoms with Crippen molar-refractivity contribution >= 4 is 12.0 Å². The van der Waals surface area contributed by atoms with Gasteiger partial charge in [-0.3, -0.25) is 0 Å². The monoisotopic (exact) mass is 172 g/mol. The molecule has 1 aromatic rings. The molecule has 11 heavy (non-hydrogen) atoms. The maximum atomic E-state index is 8.90. The Morgan fingerprint density at radius 2 is 1.91 bits per heavy atom. The Kier molecular flexibility index (Phi) is 3.22. The summed E-state index contributed by atoms with van der Waals surface area (Å²) in [6.07, 6.45) is 0. The Labute approximate surface area is 69.1 Å². The molecule has 0 amide bonds. The average Bonchev–Trinajstić information content (AvgIpc) is 2.04. The van der Waals surface area contributed by atoms with Crippen LogP contribution in [0.4, 0.5) is 0 Å². The molecule has 0 radical (unpaired) electrons. The van der Waals surface area contributed by atoms with Crippen LogP contribution in [0.3, 0.4) is 0 Å². The predicted octanol–water partition coefficient (Wildman–Crippen LogP) is 1.98. The van der Waals surface area contributed by atoms with Crippen LogP contribution in [0.5, 0.6) is 5.75 Å². The van der Waals surface area contributed by atoms with Gasteiger partial charge in [0.25, 0.3) is 0 Å². The standard InChI is InChI=1S/C7H8O3S/c1-9-10-11-7-4-2-6(8)3-5-7/h2-5,8H,1H3. The SMILES string of the molecule is COOSc1ccc(O)cc1. The lowest BCUT2D eigenvalue weighted by Crippen LogP contribution is -1.76. The maximum absolute atomic E-state index is 8.90. The Morgan fingerprint density at radius 3 is 2.45 bits per heavy atom. The highest BCUT2D eigenvalue weighted by Gasteiger charge is 1.93. The van der Waals surface area contributed by atoms with Crippen molar-refractivity contribution in [3.8, 4) is 5.75 Å². The normalized spacial score (nSPS) is 9.91. The van der Waals surface area contributed by atoms with Gasteiger partial charge in [-0.2, -0.15) is 4.33 Å². The minimum atomic E-state index is 0.242. The van der Waals surface area contributed by atoms with Gasteiger partial charge >= 0.3 is 0 Å². The van der Waals surface area contributed by atoms with Crippen LogP contribution < -0.4 is 0 Å². The van der Waals surface area contributed by atoms with Gasteiger partial charge in [0.1, 0.15) is 5.75 Å². The first-order chi connectivity index (χ1) is 5.33. The van der Waals surface area contributed by atoms with Crippen molar-refractivity contribution in [2.45, 2.75) is 4.90 Å². The minimum absolute atomic E-state index is 0.242. The van der Waals surface area contributed by atoms with E-state index in [4.69, 9.17) is 5.11 Å².